The molecule has 0 bridgehead atoms. The second-order valence-corrected chi connectivity index (χ2v) is 7.27. The maximum absolute atomic E-state index is 13.3. The van der Waals surface area contributed by atoms with Crippen LogP contribution in [0.25, 0.3) is 16.5 Å². The highest BCUT2D eigenvalue weighted by atomic mass is 35.5. The fraction of sp³-hybridized carbons (Fsp3) is 0. The molecule has 1 aliphatic heterocycles. The van der Waals surface area contributed by atoms with Crippen LogP contribution >= 0.6 is 11.6 Å². The van der Waals surface area contributed by atoms with Crippen molar-refractivity contribution in [1.82, 2.24) is 4.57 Å². The zero-order valence-electron chi connectivity index (χ0n) is 15.4. The SMILES string of the molecule is O=C(O)c1ccc(Cl)c(N2C(=O)c3cccc4c(-n5cccc5)ccc(c34)C2=O)c1. The van der Waals surface area contributed by atoms with E-state index in [1.807, 2.05) is 41.2 Å². The van der Waals surface area contributed by atoms with Crippen LogP contribution in [0.2, 0.25) is 5.02 Å². The van der Waals surface area contributed by atoms with E-state index < -0.39 is 17.8 Å². The third-order valence-electron chi connectivity index (χ3n) is 5.20. The number of nitrogens with zero attached hydrogens (tertiary/aromatic N) is 2. The summed E-state index contributed by atoms with van der Waals surface area (Å²) < 4.78 is 1.91. The zero-order chi connectivity index (χ0) is 21.0. The summed E-state index contributed by atoms with van der Waals surface area (Å²) >= 11 is 6.25. The van der Waals surface area contributed by atoms with E-state index in [2.05, 4.69) is 0 Å². The molecule has 2 heterocycles. The largest absolute Gasteiger partial charge is 0.478 e. The Morgan fingerprint density at radius 3 is 2.23 bits per heavy atom. The van der Waals surface area contributed by atoms with Gasteiger partial charge in [-0.2, -0.15) is 0 Å². The van der Waals surface area contributed by atoms with Gasteiger partial charge in [-0.05, 0) is 48.5 Å². The standard InChI is InChI=1S/C23H13ClN2O4/c24-17-8-6-13(23(29)30)12-19(17)26-21(27)15-5-3-4-14-18(25-10-1-2-11-25)9-7-16(20(14)15)22(26)28/h1-12H,(H,29,30). The average molecular weight is 417 g/mol. The van der Waals surface area contributed by atoms with E-state index in [4.69, 9.17) is 11.6 Å². The van der Waals surface area contributed by atoms with Crippen molar-refractivity contribution < 1.29 is 19.5 Å². The van der Waals surface area contributed by atoms with Crippen LogP contribution in [-0.2, 0) is 0 Å². The first-order valence-electron chi connectivity index (χ1n) is 9.08. The van der Waals surface area contributed by atoms with Crippen molar-refractivity contribution in [3.05, 3.63) is 94.8 Å². The Hall–Kier alpha value is -3.90. The number of carbonyl (C=O) groups is 3. The van der Waals surface area contributed by atoms with E-state index in [0.717, 1.165) is 16.0 Å². The molecule has 7 heteroatoms. The molecule has 0 atom stereocenters. The van der Waals surface area contributed by atoms with Gasteiger partial charge in [0.1, 0.15) is 0 Å². The third-order valence-corrected chi connectivity index (χ3v) is 5.52. The van der Waals surface area contributed by atoms with Gasteiger partial charge in [0.15, 0.2) is 0 Å². The topological polar surface area (TPSA) is 79.6 Å². The Bertz CT molecular complexity index is 1350. The summed E-state index contributed by atoms with van der Waals surface area (Å²) in [5.41, 5.74) is 1.53. The smallest absolute Gasteiger partial charge is 0.335 e. The molecule has 1 N–H and O–H groups in total. The van der Waals surface area contributed by atoms with Crippen LogP contribution < -0.4 is 4.90 Å². The third kappa shape index (κ3) is 2.54. The molecule has 30 heavy (non-hydrogen) atoms. The molecule has 3 aromatic carbocycles. The molecule has 0 unspecified atom stereocenters. The number of carboxylic acids is 1. The van der Waals surface area contributed by atoms with E-state index >= 15 is 0 Å². The Labute approximate surface area is 175 Å². The van der Waals surface area contributed by atoms with Crippen molar-refractivity contribution in [2.24, 2.45) is 0 Å². The fourth-order valence-electron chi connectivity index (χ4n) is 3.84. The van der Waals surface area contributed by atoms with Crippen LogP contribution in [0.4, 0.5) is 5.69 Å². The highest BCUT2D eigenvalue weighted by Gasteiger charge is 2.35. The minimum atomic E-state index is -1.18. The number of rotatable bonds is 3. The molecule has 2 amide bonds. The van der Waals surface area contributed by atoms with Crippen molar-refractivity contribution in [2.45, 2.75) is 0 Å². The number of carboxylic acid groups (broad SMARTS) is 1. The summed E-state index contributed by atoms with van der Waals surface area (Å²) in [7, 11) is 0. The molecule has 0 aliphatic carbocycles. The normalized spacial score (nSPS) is 13.2. The van der Waals surface area contributed by atoms with Crippen molar-refractivity contribution in [3.63, 3.8) is 0 Å². The number of imide groups is 1. The average Bonchev–Trinajstić information content (AvgIpc) is 3.27. The maximum atomic E-state index is 13.3. The lowest BCUT2D eigenvalue weighted by molar-refractivity contribution is 0.0695. The van der Waals surface area contributed by atoms with Gasteiger partial charge >= 0.3 is 5.97 Å². The van der Waals surface area contributed by atoms with Crippen LogP contribution in [0.5, 0.6) is 0 Å². The maximum Gasteiger partial charge on any atom is 0.335 e. The van der Waals surface area contributed by atoms with Crippen molar-refractivity contribution >= 4 is 45.8 Å². The number of aromatic carboxylic acids is 1. The molecule has 1 aliphatic rings. The van der Waals surface area contributed by atoms with Crippen LogP contribution in [0, 0.1) is 0 Å². The Balaban J connectivity index is 1.75. The summed E-state index contributed by atoms with van der Waals surface area (Å²) in [6.07, 6.45) is 3.78. The minimum Gasteiger partial charge on any atom is -0.478 e. The Morgan fingerprint density at radius 1 is 0.833 bits per heavy atom. The summed E-state index contributed by atoms with van der Waals surface area (Å²) in [5, 5.41) is 10.8. The highest BCUT2D eigenvalue weighted by Crippen LogP contribution is 2.38. The quantitative estimate of drug-likeness (QED) is 0.487. The molecule has 1 aromatic heterocycles. The van der Waals surface area contributed by atoms with Crippen molar-refractivity contribution in [1.29, 1.82) is 0 Å². The first kappa shape index (κ1) is 18.1. The van der Waals surface area contributed by atoms with Gasteiger partial charge < -0.3 is 9.67 Å². The highest BCUT2D eigenvalue weighted by molar-refractivity contribution is 6.40. The minimum absolute atomic E-state index is 0.0451. The number of aromatic nitrogens is 1. The molecular formula is C23H13ClN2O4. The predicted molar refractivity (Wildman–Crippen MR) is 113 cm³/mol. The van der Waals surface area contributed by atoms with E-state index in [9.17, 15) is 19.5 Å². The number of anilines is 1. The van der Waals surface area contributed by atoms with Gasteiger partial charge in [0.05, 0.1) is 22.0 Å². The van der Waals surface area contributed by atoms with Gasteiger partial charge in [0.25, 0.3) is 11.8 Å². The van der Waals surface area contributed by atoms with Crippen LogP contribution in [0.3, 0.4) is 0 Å². The number of halogens is 1. The van der Waals surface area contributed by atoms with Gasteiger partial charge in [-0.25, -0.2) is 9.69 Å². The van der Waals surface area contributed by atoms with Crippen LogP contribution in [0.1, 0.15) is 31.1 Å². The van der Waals surface area contributed by atoms with Gasteiger partial charge in [-0.1, -0.05) is 23.7 Å². The van der Waals surface area contributed by atoms with E-state index in [1.165, 1.54) is 18.2 Å². The number of amides is 2. The van der Waals surface area contributed by atoms with Gasteiger partial charge in [-0.3, -0.25) is 9.59 Å². The summed E-state index contributed by atoms with van der Waals surface area (Å²) in [5.74, 6) is -2.27. The number of hydrogen-bond donors (Lipinski definition) is 1. The second kappa shape index (κ2) is 6.57. The molecule has 0 saturated carbocycles. The summed E-state index contributed by atoms with van der Waals surface area (Å²) in [6.45, 7) is 0. The first-order valence-corrected chi connectivity index (χ1v) is 9.46. The Kier molecular flexibility index (Phi) is 3.98. The van der Waals surface area contributed by atoms with Crippen molar-refractivity contribution in [3.8, 4) is 5.69 Å². The zero-order valence-corrected chi connectivity index (χ0v) is 16.1. The summed E-state index contributed by atoms with van der Waals surface area (Å²) in [4.78, 5) is 39.0. The molecule has 0 fully saturated rings. The molecule has 4 aromatic rings. The lowest BCUT2D eigenvalue weighted by atomic mass is 9.92. The van der Waals surface area contributed by atoms with Crippen LogP contribution in [-0.4, -0.2) is 27.5 Å². The monoisotopic (exact) mass is 416 g/mol. The van der Waals surface area contributed by atoms with Gasteiger partial charge in [0.2, 0.25) is 0 Å². The van der Waals surface area contributed by atoms with Crippen LogP contribution in [0.15, 0.2) is 73.1 Å². The number of benzene rings is 3. The number of carbonyl (C=O) groups excluding carboxylic acids is 2. The van der Waals surface area contributed by atoms with E-state index in [-0.39, 0.29) is 16.3 Å². The predicted octanol–water partition coefficient (Wildman–Crippen LogP) is 4.78. The molecule has 5 rings (SSSR count). The van der Waals surface area contributed by atoms with Crippen molar-refractivity contribution in [2.75, 3.05) is 4.90 Å². The molecule has 0 saturated heterocycles. The van der Waals surface area contributed by atoms with Gasteiger partial charge in [0, 0.05) is 34.3 Å². The van der Waals surface area contributed by atoms with E-state index in [1.54, 1.807) is 18.2 Å². The van der Waals surface area contributed by atoms with E-state index in [0.29, 0.717) is 16.5 Å². The molecule has 0 spiro atoms. The van der Waals surface area contributed by atoms with Gasteiger partial charge in [-0.15, -0.1) is 0 Å². The molecule has 0 radical (unpaired) electrons. The fourth-order valence-corrected chi connectivity index (χ4v) is 4.04. The Morgan fingerprint density at radius 2 is 1.53 bits per heavy atom. The molecule has 146 valence electrons. The lowest BCUT2D eigenvalue weighted by Crippen LogP contribution is -2.40. The molecule has 6 nitrogen and oxygen atoms in total. The number of hydrogen-bond acceptors (Lipinski definition) is 3. The molecular weight excluding hydrogens is 404 g/mol. The lowest BCUT2D eigenvalue weighted by Gasteiger charge is -2.28. The first-order chi connectivity index (χ1) is 14.5. The second-order valence-electron chi connectivity index (χ2n) is 6.87. The summed E-state index contributed by atoms with van der Waals surface area (Å²) in [6, 6.07) is 16.5.